The number of benzene rings is 1. The molecule has 3 rings (SSSR count). The van der Waals surface area contributed by atoms with E-state index < -0.39 is 47.7 Å². The summed E-state index contributed by atoms with van der Waals surface area (Å²) in [5.41, 5.74) is 0.657. The summed E-state index contributed by atoms with van der Waals surface area (Å²) in [6.07, 6.45) is -7.44. The Bertz CT molecular complexity index is 842. The maximum Gasteiger partial charge on any atom is 1.00 e. The monoisotopic (exact) mass is 397 g/mol. The molecule has 5 atom stereocenters. The van der Waals surface area contributed by atoms with E-state index in [-0.39, 0.29) is 35.3 Å². The van der Waals surface area contributed by atoms with E-state index in [0.29, 0.717) is 10.9 Å². The van der Waals surface area contributed by atoms with Crippen LogP contribution in [0, 0.1) is 0 Å². The molecule has 1 saturated heterocycles. The van der Waals surface area contributed by atoms with E-state index in [2.05, 4.69) is 9.17 Å². The molecule has 1 aliphatic rings. The minimum absolute atomic E-state index is 0. The van der Waals surface area contributed by atoms with Gasteiger partial charge in [0.25, 0.3) is 0 Å². The van der Waals surface area contributed by atoms with E-state index in [9.17, 15) is 28.8 Å². The fraction of sp³-hybridized carbons (Fsp3) is 0.429. The third-order valence-electron chi connectivity index (χ3n) is 3.79. The standard InChI is InChI=1S/C14H16NO9S.Na/c16-11-10(23-14(19)13(18)12(11)17)6-22-25(20,21)24-9-5-15-8-4-2-1-3-7(8)9;/h1-5,10-18H,6H2;/q-1;+1/t10-,11+,12+,13-,14-;/m1./s1. The predicted molar refractivity (Wildman–Crippen MR) is 80.5 cm³/mol. The average Bonchev–Trinajstić information content (AvgIpc) is 2.97. The van der Waals surface area contributed by atoms with Gasteiger partial charge in [0.1, 0.15) is 18.3 Å². The van der Waals surface area contributed by atoms with E-state index in [0.717, 1.165) is 0 Å². The summed E-state index contributed by atoms with van der Waals surface area (Å²) in [6.45, 7) is -0.769. The first kappa shape index (κ1) is 21.6. The topological polar surface area (TPSA) is 161 Å². The van der Waals surface area contributed by atoms with Crippen molar-refractivity contribution in [1.82, 2.24) is 4.98 Å². The van der Waals surface area contributed by atoms with Crippen molar-refractivity contribution in [3.63, 3.8) is 0 Å². The largest absolute Gasteiger partial charge is 1.00 e. The van der Waals surface area contributed by atoms with Crippen LogP contribution in [0.4, 0.5) is 0 Å². The van der Waals surface area contributed by atoms with E-state index in [4.69, 9.17) is 8.92 Å². The quantitative estimate of drug-likeness (QED) is 0.362. The first-order valence-electron chi connectivity index (χ1n) is 7.29. The number of ether oxygens (including phenoxy) is 1. The molecule has 0 spiro atoms. The SMILES string of the molecule is O=S(=O)(OC[C@H]1O[C@@H]([O-])[C@H](O)[C@@H](O)[C@H]1O)Oc1c[nH]c2ccccc12.[Na+]. The Balaban J connectivity index is 0.00000243. The molecule has 26 heavy (non-hydrogen) atoms. The van der Waals surface area contributed by atoms with E-state index in [1.807, 2.05) is 0 Å². The third kappa shape index (κ3) is 4.57. The first-order valence-corrected chi connectivity index (χ1v) is 8.62. The summed E-state index contributed by atoms with van der Waals surface area (Å²) in [7, 11) is -4.52. The number of para-hydroxylation sites is 1. The zero-order chi connectivity index (χ0) is 18.2. The molecule has 1 fully saturated rings. The molecule has 0 aliphatic carbocycles. The molecule has 0 amide bonds. The van der Waals surface area contributed by atoms with Gasteiger partial charge in [0.15, 0.2) is 5.75 Å². The number of aliphatic hydroxyl groups is 3. The van der Waals surface area contributed by atoms with Crippen LogP contribution in [0.3, 0.4) is 0 Å². The van der Waals surface area contributed by atoms with Crippen molar-refractivity contribution >= 4 is 21.3 Å². The summed E-state index contributed by atoms with van der Waals surface area (Å²) >= 11 is 0. The van der Waals surface area contributed by atoms with E-state index in [1.165, 1.54) is 6.20 Å². The summed E-state index contributed by atoms with van der Waals surface area (Å²) in [4.78, 5) is 2.83. The average molecular weight is 397 g/mol. The number of H-pyrrole nitrogens is 1. The van der Waals surface area contributed by atoms with Gasteiger partial charge in [0, 0.05) is 23.4 Å². The van der Waals surface area contributed by atoms with E-state index >= 15 is 0 Å². The van der Waals surface area contributed by atoms with Crippen molar-refractivity contribution in [2.75, 3.05) is 6.61 Å². The van der Waals surface area contributed by atoms with Crippen LogP contribution in [0.5, 0.6) is 5.75 Å². The maximum absolute atomic E-state index is 11.9. The Labute approximate surface area is 170 Å². The zero-order valence-electron chi connectivity index (χ0n) is 13.7. The normalized spacial score (nSPS) is 29.3. The Morgan fingerprint density at radius 3 is 2.58 bits per heavy atom. The second-order valence-electron chi connectivity index (χ2n) is 5.49. The van der Waals surface area contributed by atoms with Gasteiger partial charge in [-0.15, -0.1) is 0 Å². The second kappa shape index (κ2) is 8.52. The van der Waals surface area contributed by atoms with Crippen molar-refractivity contribution in [3.05, 3.63) is 30.5 Å². The number of fused-ring (bicyclic) bond motifs is 1. The Morgan fingerprint density at radius 2 is 1.85 bits per heavy atom. The predicted octanol–water partition coefficient (Wildman–Crippen LogP) is -5.02. The van der Waals surface area contributed by atoms with Crippen LogP contribution in [0.25, 0.3) is 10.9 Å². The molecular formula is C14H16NNaO9S. The van der Waals surface area contributed by atoms with E-state index in [1.54, 1.807) is 24.3 Å². The molecule has 1 aliphatic heterocycles. The van der Waals surface area contributed by atoms with Crippen LogP contribution < -0.4 is 38.8 Å². The molecular weight excluding hydrogens is 381 g/mol. The van der Waals surface area contributed by atoms with Gasteiger partial charge in [-0.05, 0) is 12.1 Å². The molecule has 1 aromatic heterocycles. The van der Waals surface area contributed by atoms with Crippen molar-refractivity contribution < 1.29 is 71.5 Å². The maximum atomic E-state index is 11.9. The summed E-state index contributed by atoms with van der Waals surface area (Å²) in [6, 6.07) is 6.83. The number of nitrogens with one attached hydrogen (secondary N) is 1. The van der Waals surface area contributed by atoms with Crippen molar-refractivity contribution in [3.8, 4) is 5.75 Å². The van der Waals surface area contributed by atoms with Gasteiger partial charge in [-0.3, -0.25) is 0 Å². The molecule has 0 radical (unpaired) electrons. The molecule has 0 bridgehead atoms. The molecule has 2 heterocycles. The molecule has 1 aromatic carbocycles. The van der Waals surface area contributed by atoms with Crippen molar-refractivity contribution in [2.24, 2.45) is 0 Å². The number of aromatic nitrogens is 1. The second-order valence-corrected chi connectivity index (χ2v) is 6.71. The number of aliphatic hydroxyl groups excluding tert-OH is 3. The van der Waals surface area contributed by atoms with Gasteiger partial charge in [-0.1, -0.05) is 12.1 Å². The van der Waals surface area contributed by atoms with Gasteiger partial charge in [-0.25, -0.2) is 4.18 Å². The van der Waals surface area contributed by atoms with Crippen molar-refractivity contribution in [2.45, 2.75) is 30.7 Å². The van der Waals surface area contributed by atoms with Crippen LogP contribution in [-0.2, 0) is 19.3 Å². The molecule has 2 aromatic rings. The van der Waals surface area contributed by atoms with Gasteiger partial charge in [0.05, 0.1) is 12.7 Å². The van der Waals surface area contributed by atoms with Gasteiger partial charge < -0.3 is 34.3 Å². The third-order valence-corrected chi connectivity index (χ3v) is 4.60. The summed E-state index contributed by atoms with van der Waals surface area (Å²) in [5.74, 6) is 0.0119. The van der Waals surface area contributed by atoms with Crippen LogP contribution in [0.15, 0.2) is 30.5 Å². The van der Waals surface area contributed by atoms with Crippen LogP contribution in [0.2, 0.25) is 0 Å². The van der Waals surface area contributed by atoms with Gasteiger partial charge in [-0.2, -0.15) is 8.42 Å². The molecule has 0 unspecified atom stereocenters. The Hall–Kier alpha value is -0.730. The Morgan fingerprint density at radius 1 is 1.15 bits per heavy atom. The molecule has 12 heteroatoms. The molecule has 4 N–H and O–H groups in total. The smallest absolute Gasteiger partial charge is 0.829 e. The van der Waals surface area contributed by atoms with Crippen LogP contribution in [0.1, 0.15) is 0 Å². The Kier molecular flexibility index (Phi) is 7.07. The molecule has 0 saturated carbocycles. The van der Waals surface area contributed by atoms with Crippen LogP contribution >= 0.6 is 0 Å². The minimum atomic E-state index is -4.52. The van der Waals surface area contributed by atoms with Gasteiger partial charge >= 0.3 is 40.0 Å². The fourth-order valence-corrected chi connectivity index (χ4v) is 3.16. The zero-order valence-corrected chi connectivity index (χ0v) is 16.5. The summed E-state index contributed by atoms with van der Waals surface area (Å²) < 4.78 is 38.0. The van der Waals surface area contributed by atoms with Gasteiger partial charge in [0.2, 0.25) is 0 Å². The fourth-order valence-electron chi connectivity index (χ4n) is 2.45. The van der Waals surface area contributed by atoms with Crippen molar-refractivity contribution in [1.29, 1.82) is 0 Å². The number of hydrogen-bond donors (Lipinski definition) is 4. The molecule has 138 valence electrons. The first-order chi connectivity index (χ1) is 11.8. The van der Waals surface area contributed by atoms with Crippen LogP contribution in [-0.4, -0.2) is 66.0 Å². The number of aromatic amines is 1. The number of rotatable bonds is 5. The minimum Gasteiger partial charge on any atom is -0.829 e. The summed E-state index contributed by atoms with van der Waals surface area (Å²) in [5, 5.41) is 40.5. The number of hydrogen-bond acceptors (Lipinski definition) is 9. The molecule has 10 nitrogen and oxygen atoms in total.